The Labute approximate surface area is 118 Å². The molecule has 0 spiro atoms. The number of carbonyl (C=O) groups excluding carboxylic acids is 1. The fourth-order valence-corrected chi connectivity index (χ4v) is 1.76. The van der Waals surface area contributed by atoms with E-state index in [4.69, 9.17) is 9.47 Å². The third kappa shape index (κ3) is 3.48. The van der Waals surface area contributed by atoms with E-state index in [9.17, 15) is 4.79 Å². The van der Waals surface area contributed by atoms with Gasteiger partial charge < -0.3 is 9.47 Å². The summed E-state index contributed by atoms with van der Waals surface area (Å²) in [7, 11) is 3.20. The van der Waals surface area contributed by atoms with Gasteiger partial charge in [0.2, 0.25) is 0 Å². The molecule has 0 aliphatic rings. The maximum atomic E-state index is 12.0. The minimum absolute atomic E-state index is 0.0558. The minimum Gasteiger partial charge on any atom is -0.497 e. The number of methoxy groups -OCH3 is 2. The Morgan fingerprint density at radius 3 is 2.30 bits per heavy atom. The zero-order valence-electron chi connectivity index (χ0n) is 11.5. The second-order valence-corrected chi connectivity index (χ2v) is 4.20. The molecule has 0 saturated carbocycles. The van der Waals surface area contributed by atoms with Gasteiger partial charge in [0.15, 0.2) is 5.78 Å². The summed E-state index contributed by atoms with van der Waals surface area (Å²) in [6.45, 7) is 0. The normalized spacial score (nSPS) is 10.5. The van der Waals surface area contributed by atoms with Crippen molar-refractivity contribution in [3.8, 4) is 11.5 Å². The van der Waals surface area contributed by atoms with Crippen LogP contribution in [0.2, 0.25) is 0 Å². The molecule has 0 atom stereocenters. The highest BCUT2D eigenvalue weighted by molar-refractivity contribution is 6.07. The fourth-order valence-electron chi connectivity index (χ4n) is 1.76. The Balaban J connectivity index is 2.11. The molecule has 0 radical (unpaired) electrons. The zero-order chi connectivity index (χ0) is 14.4. The molecule has 2 aromatic rings. The standard InChI is InChI=1S/C17H16O3/c1-19-15-9-6-13(7-10-15)8-11-17(18)14-4-3-5-16(12-14)20-2/h3-12H,1-2H3. The predicted molar refractivity (Wildman–Crippen MR) is 79.4 cm³/mol. The summed E-state index contributed by atoms with van der Waals surface area (Å²) in [6.07, 6.45) is 3.33. The summed E-state index contributed by atoms with van der Waals surface area (Å²) < 4.78 is 10.2. The second-order valence-electron chi connectivity index (χ2n) is 4.20. The number of benzene rings is 2. The van der Waals surface area contributed by atoms with Gasteiger partial charge in [0.1, 0.15) is 11.5 Å². The van der Waals surface area contributed by atoms with Crippen molar-refractivity contribution in [1.29, 1.82) is 0 Å². The van der Waals surface area contributed by atoms with Crippen LogP contribution in [-0.2, 0) is 0 Å². The van der Waals surface area contributed by atoms with Gasteiger partial charge in [-0.2, -0.15) is 0 Å². The largest absolute Gasteiger partial charge is 0.497 e. The highest BCUT2D eigenvalue weighted by Crippen LogP contribution is 2.15. The molecule has 0 amide bonds. The molecular formula is C17H16O3. The molecule has 3 nitrogen and oxygen atoms in total. The number of hydrogen-bond acceptors (Lipinski definition) is 3. The van der Waals surface area contributed by atoms with Crippen LogP contribution in [0.4, 0.5) is 0 Å². The highest BCUT2D eigenvalue weighted by Gasteiger charge is 2.02. The SMILES string of the molecule is COc1ccc(C=CC(=O)c2cccc(OC)c2)cc1. The molecule has 0 unspecified atom stereocenters. The minimum atomic E-state index is -0.0558. The van der Waals surface area contributed by atoms with E-state index in [0.29, 0.717) is 11.3 Å². The van der Waals surface area contributed by atoms with Crippen LogP contribution in [0.3, 0.4) is 0 Å². The Morgan fingerprint density at radius 1 is 0.950 bits per heavy atom. The van der Waals surface area contributed by atoms with Gasteiger partial charge in [-0.1, -0.05) is 30.3 Å². The smallest absolute Gasteiger partial charge is 0.185 e. The van der Waals surface area contributed by atoms with Crippen molar-refractivity contribution in [2.24, 2.45) is 0 Å². The van der Waals surface area contributed by atoms with Crippen LogP contribution < -0.4 is 9.47 Å². The molecule has 20 heavy (non-hydrogen) atoms. The predicted octanol–water partition coefficient (Wildman–Crippen LogP) is 3.60. The zero-order valence-corrected chi connectivity index (χ0v) is 11.5. The van der Waals surface area contributed by atoms with Gasteiger partial charge in [0.25, 0.3) is 0 Å². The van der Waals surface area contributed by atoms with Gasteiger partial charge in [-0.05, 0) is 35.9 Å². The Hall–Kier alpha value is -2.55. The van der Waals surface area contributed by atoms with E-state index in [2.05, 4.69) is 0 Å². The third-order valence-electron chi connectivity index (χ3n) is 2.90. The lowest BCUT2D eigenvalue weighted by molar-refractivity contribution is 0.104. The topological polar surface area (TPSA) is 35.5 Å². The average molecular weight is 268 g/mol. The number of allylic oxidation sites excluding steroid dienone is 1. The van der Waals surface area contributed by atoms with E-state index in [1.165, 1.54) is 0 Å². The van der Waals surface area contributed by atoms with Gasteiger partial charge in [0.05, 0.1) is 14.2 Å². The van der Waals surface area contributed by atoms with Crippen molar-refractivity contribution < 1.29 is 14.3 Å². The lowest BCUT2D eigenvalue weighted by Crippen LogP contribution is -1.94. The lowest BCUT2D eigenvalue weighted by Gasteiger charge is -2.01. The molecule has 0 N–H and O–H groups in total. The maximum Gasteiger partial charge on any atom is 0.185 e. The Morgan fingerprint density at radius 2 is 1.65 bits per heavy atom. The van der Waals surface area contributed by atoms with Crippen LogP contribution in [0.5, 0.6) is 11.5 Å². The van der Waals surface area contributed by atoms with Crippen molar-refractivity contribution in [3.05, 3.63) is 65.7 Å². The van der Waals surface area contributed by atoms with Crippen molar-refractivity contribution >= 4 is 11.9 Å². The molecule has 0 aliphatic carbocycles. The molecule has 0 aromatic heterocycles. The van der Waals surface area contributed by atoms with E-state index in [-0.39, 0.29) is 5.78 Å². The molecule has 0 saturated heterocycles. The van der Waals surface area contributed by atoms with E-state index in [0.717, 1.165) is 11.3 Å². The van der Waals surface area contributed by atoms with E-state index >= 15 is 0 Å². The first-order valence-corrected chi connectivity index (χ1v) is 6.23. The third-order valence-corrected chi connectivity index (χ3v) is 2.90. The first kappa shape index (κ1) is 13.9. The monoisotopic (exact) mass is 268 g/mol. The molecule has 0 bridgehead atoms. The molecule has 0 fully saturated rings. The van der Waals surface area contributed by atoms with Gasteiger partial charge in [-0.25, -0.2) is 0 Å². The van der Waals surface area contributed by atoms with Crippen molar-refractivity contribution in [3.63, 3.8) is 0 Å². The number of ether oxygens (including phenoxy) is 2. The van der Waals surface area contributed by atoms with Crippen molar-refractivity contribution in [2.45, 2.75) is 0 Å². The van der Waals surface area contributed by atoms with Crippen LogP contribution in [0.25, 0.3) is 6.08 Å². The van der Waals surface area contributed by atoms with Crippen LogP contribution in [-0.4, -0.2) is 20.0 Å². The quantitative estimate of drug-likeness (QED) is 0.614. The number of ketones is 1. The summed E-state index contributed by atoms with van der Waals surface area (Å²) >= 11 is 0. The van der Waals surface area contributed by atoms with E-state index < -0.39 is 0 Å². The summed E-state index contributed by atoms with van der Waals surface area (Å²) in [5, 5.41) is 0. The average Bonchev–Trinajstić information content (AvgIpc) is 2.53. The van der Waals surface area contributed by atoms with Gasteiger partial charge >= 0.3 is 0 Å². The van der Waals surface area contributed by atoms with Gasteiger partial charge in [0, 0.05) is 5.56 Å². The molecule has 102 valence electrons. The number of rotatable bonds is 5. The molecule has 0 aliphatic heterocycles. The molecule has 2 aromatic carbocycles. The molecule has 3 heteroatoms. The number of hydrogen-bond donors (Lipinski definition) is 0. The van der Waals surface area contributed by atoms with Crippen LogP contribution in [0, 0.1) is 0 Å². The summed E-state index contributed by atoms with van der Waals surface area (Å²) in [5.41, 5.74) is 1.55. The summed E-state index contributed by atoms with van der Waals surface area (Å²) in [5.74, 6) is 1.41. The second kappa shape index (κ2) is 6.57. The highest BCUT2D eigenvalue weighted by atomic mass is 16.5. The molecule has 0 heterocycles. The lowest BCUT2D eigenvalue weighted by atomic mass is 10.1. The van der Waals surface area contributed by atoms with Crippen molar-refractivity contribution in [1.82, 2.24) is 0 Å². The van der Waals surface area contributed by atoms with Crippen LogP contribution in [0.1, 0.15) is 15.9 Å². The van der Waals surface area contributed by atoms with Gasteiger partial charge in [-0.3, -0.25) is 4.79 Å². The molecule has 2 rings (SSSR count). The number of carbonyl (C=O) groups is 1. The Kier molecular flexibility index (Phi) is 4.56. The molecular weight excluding hydrogens is 252 g/mol. The van der Waals surface area contributed by atoms with Crippen molar-refractivity contribution in [2.75, 3.05) is 14.2 Å². The van der Waals surface area contributed by atoms with Crippen LogP contribution in [0.15, 0.2) is 54.6 Å². The van der Waals surface area contributed by atoms with Gasteiger partial charge in [-0.15, -0.1) is 0 Å². The van der Waals surface area contributed by atoms with E-state index in [1.807, 2.05) is 30.3 Å². The Bertz CT molecular complexity index is 612. The first-order chi connectivity index (χ1) is 9.72. The maximum absolute atomic E-state index is 12.0. The summed E-state index contributed by atoms with van der Waals surface area (Å²) in [6, 6.07) is 14.6. The first-order valence-electron chi connectivity index (χ1n) is 6.23. The summed E-state index contributed by atoms with van der Waals surface area (Å²) in [4.78, 5) is 12.0. The fraction of sp³-hybridized carbons (Fsp3) is 0.118. The van der Waals surface area contributed by atoms with Crippen LogP contribution >= 0.6 is 0 Å². The van der Waals surface area contributed by atoms with E-state index in [1.54, 1.807) is 44.6 Å².